The summed E-state index contributed by atoms with van der Waals surface area (Å²) < 4.78 is 25.3. The number of carbonyl (C=O) groups excluding carboxylic acids is 1. The molecule has 1 rings (SSSR count). The second kappa shape index (κ2) is 8.17. The number of rotatable bonds is 8. The summed E-state index contributed by atoms with van der Waals surface area (Å²) in [7, 11) is -3.42. The lowest BCUT2D eigenvalue weighted by atomic mass is 10.1. The summed E-state index contributed by atoms with van der Waals surface area (Å²) in [6.45, 7) is 6.76. The van der Waals surface area contributed by atoms with Crippen LogP contribution in [0.2, 0.25) is 0 Å². The van der Waals surface area contributed by atoms with Crippen molar-refractivity contribution in [2.75, 3.05) is 23.7 Å². The highest BCUT2D eigenvalue weighted by Gasteiger charge is 2.18. The minimum atomic E-state index is -3.42. The Bertz CT molecular complexity index is 612. The molecule has 0 unspecified atom stereocenters. The van der Waals surface area contributed by atoms with Crippen molar-refractivity contribution >= 4 is 21.6 Å². The number of aryl methyl sites for hydroxylation is 2. The Morgan fingerprint density at radius 2 is 1.91 bits per heavy atom. The summed E-state index contributed by atoms with van der Waals surface area (Å²) in [6.07, 6.45) is 3.26. The maximum atomic E-state index is 12.0. The van der Waals surface area contributed by atoms with Crippen LogP contribution < -0.4 is 9.62 Å². The Morgan fingerprint density at radius 3 is 2.45 bits per heavy atom. The predicted molar refractivity (Wildman–Crippen MR) is 90.6 cm³/mol. The van der Waals surface area contributed by atoms with E-state index in [-0.39, 0.29) is 18.9 Å². The molecule has 0 aliphatic carbocycles. The number of benzene rings is 1. The summed E-state index contributed by atoms with van der Waals surface area (Å²) in [4.78, 5) is 11.8. The number of nitrogens with one attached hydrogen (secondary N) is 1. The number of hydrogen-bond acceptors (Lipinski definition) is 3. The van der Waals surface area contributed by atoms with Crippen molar-refractivity contribution in [1.29, 1.82) is 0 Å². The number of hydrogen-bond donors (Lipinski definition) is 1. The highest BCUT2D eigenvalue weighted by atomic mass is 32.2. The van der Waals surface area contributed by atoms with E-state index in [1.165, 1.54) is 4.31 Å². The smallest absolute Gasteiger partial charge is 0.232 e. The van der Waals surface area contributed by atoms with Gasteiger partial charge in [0.05, 0.1) is 11.9 Å². The number of anilines is 1. The average Bonchev–Trinajstić information content (AvgIpc) is 2.41. The van der Waals surface area contributed by atoms with Gasteiger partial charge in [-0.1, -0.05) is 19.4 Å². The summed E-state index contributed by atoms with van der Waals surface area (Å²) in [5.74, 6) is -0.120. The molecule has 0 aromatic heterocycles. The van der Waals surface area contributed by atoms with Gasteiger partial charge in [0.25, 0.3) is 0 Å². The molecule has 1 aromatic rings. The van der Waals surface area contributed by atoms with Crippen molar-refractivity contribution in [2.45, 2.75) is 40.0 Å². The van der Waals surface area contributed by atoms with Gasteiger partial charge in [0.1, 0.15) is 0 Å². The quantitative estimate of drug-likeness (QED) is 0.746. The number of nitrogens with zero attached hydrogens (tertiary/aromatic N) is 1. The first-order chi connectivity index (χ1) is 10.3. The summed E-state index contributed by atoms with van der Waals surface area (Å²) in [5.41, 5.74) is 2.74. The first-order valence-corrected chi connectivity index (χ1v) is 9.42. The highest BCUT2D eigenvalue weighted by Crippen LogP contribution is 2.21. The van der Waals surface area contributed by atoms with E-state index in [2.05, 4.69) is 12.2 Å². The van der Waals surface area contributed by atoms with Crippen molar-refractivity contribution in [3.63, 3.8) is 0 Å². The van der Waals surface area contributed by atoms with Gasteiger partial charge in [-0.05, 0) is 43.5 Å². The van der Waals surface area contributed by atoms with E-state index < -0.39 is 10.0 Å². The average molecular weight is 326 g/mol. The van der Waals surface area contributed by atoms with Crippen molar-refractivity contribution in [3.05, 3.63) is 29.3 Å². The number of amides is 1. The first-order valence-electron chi connectivity index (χ1n) is 7.57. The molecule has 0 spiro atoms. The van der Waals surface area contributed by atoms with Crippen molar-refractivity contribution in [1.82, 2.24) is 5.32 Å². The largest absolute Gasteiger partial charge is 0.356 e. The lowest BCUT2D eigenvalue weighted by molar-refractivity contribution is -0.120. The van der Waals surface area contributed by atoms with Crippen LogP contribution >= 0.6 is 0 Å². The monoisotopic (exact) mass is 326 g/mol. The van der Waals surface area contributed by atoms with E-state index in [4.69, 9.17) is 0 Å². The Balaban J connectivity index is 2.78. The molecular weight excluding hydrogens is 300 g/mol. The molecule has 0 radical (unpaired) electrons. The predicted octanol–water partition coefficient (Wildman–Crippen LogP) is 2.38. The van der Waals surface area contributed by atoms with Gasteiger partial charge in [0, 0.05) is 19.5 Å². The third-order valence-corrected chi connectivity index (χ3v) is 4.77. The zero-order valence-electron chi connectivity index (χ0n) is 13.8. The molecule has 124 valence electrons. The molecule has 1 aromatic carbocycles. The van der Waals surface area contributed by atoms with E-state index in [0.29, 0.717) is 12.2 Å². The third-order valence-electron chi connectivity index (χ3n) is 3.57. The van der Waals surface area contributed by atoms with E-state index >= 15 is 0 Å². The molecule has 0 saturated carbocycles. The van der Waals surface area contributed by atoms with Crippen LogP contribution in [0.3, 0.4) is 0 Å². The Hall–Kier alpha value is -1.56. The molecule has 1 amide bonds. The van der Waals surface area contributed by atoms with Gasteiger partial charge in [-0.15, -0.1) is 0 Å². The van der Waals surface area contributed by atoms with Crippen LogP contribution in [0.5, 0.6) is 0 Å². The summed E-state index contributed by atoms with van der Waals surface area (Å²) in [6, 6.07) is 5.51. The van der Waals surface area contributed by atoms with Crippen LogP contribution in [0, 0.1) is 13.8 Å². The molecular formula is C16H26N2O3S. The van der Waals surface area contributed by atoms with Crippen LogP contribution in [0.15, 0.2) is 18.2 Å². The molecule has 0 fully saturated rings. The Morgan fingerprint density at radius 1 is 1.23 bits per heavy atom. The molecule has 0 saturated heterocycles. The van der Waals surface area contributed by atoms with Gasteiger partial charge in [0.2, 0.25) is 15.9 Å². The van der Waals surface area contributed by atoms with Crippen LogP contribution in [0.1, 0.15) is 37.3 Å². The minimum Gasteiger partial charge on any atom is -0.356 e. The van der Waals surface area contributed by atoms with Gasteiger partial charge in [0.15, 0.2) is 0 Å². The standard InChI is InChI=1S/C16H26N2O3S/c1-5-6-10-17-16(19)9-11-18(22(4,20)21)15-8-7-13(2)14(3)12-15/h7-8,12H,5-6,9-11H2,1-4H3,(H,17,19). The normalized spacial score (nSPS) is 11.3. The zero-order valence-corrected chi connectivity index (χ0v) is 14.7. The molecule has 0 bridgehead atoms. The first kappa shape index (κ1) is 18.5. The fraction of sp³-hybridized carbons (Fsp3) is 0.562. The SMILES string of the molecule is CCCCNC(=O)CCN(c1ccc(C)c(C)c1)S(C)(=O)=O. The second-order valence-electron chi connectivity index (χ2n) is 5.56. The van der Waals surface area contributed by atoms with E-state index in [1.807, 2.05) is 26.0 Å². The minimum absolute atomic E-state index is 0.120. The second-order valence-corrected chi connectivity index (χ2v) is 7.46. The van der Waals surface area contributed by atoms with Crippen LogP contribution in [-0.2, 0) is 14.8 Å². The number of unbranched alkanes of at least 4 members (excludes halogenated alkanes) is 1. The van der Waals surface area contributed by atoms with Gasteiger partial charge in [-0.3, -0.25) is 9.10 Å². The van der Waals surface area contributed by atoms with E-state index in [1.54, 1.807) is 6.07 Å². The molecule has 0 aliphatic heterocycles. The number of sulfonamides is 1. The Labute approximate surface area is 133 Å². The van der Waals surface area contributed by atoms with Crippen molar-refractivity contribution in [3.8, 4) is 0 Å². The molecule has 0 aliphatic rings. The molecule has 22 heavy (non-hydrogen) atoms. The Kier molecular flexibility index (Phi) is 6.87. The fourth-order valence-electron chi connectivity index (χ4n) is 2.06. The molecule has 1 N–H and O–H groups in total. The summed E-state index contributed by atoms with van der Waals surface area (Å²) >= 11 is 0. The zero-order chi connectivity index (χ0) is 16.8. The van der Waals surface area contributed by atoms with E-state index in [9.17, 15) is 13.2 Å². The maximum Gasteiger partial charge on any atom is 0.232 e. The van der Waals surface area contributed by atoms with E-state index in [0.717, 1.165) is 30.2 Å². The van der Waals surface area contributed by atoms with Crippen molar-refractivity contribution in [2.24, 2.45) is 0 Å². The molecule has 5 nitrogen and oxygen atoms in total. The third kappa shape index (κ3) is 5.67. The topological polar surface area (TPSA) is 66.5 Å². The van der Waals surface area contributed by atoms with Gasteiger partial charge < -0.3 is 5.32 Å². The van der Waals surface area contributed by atoms with Gasteiger partial charge in [-0.2, -0.15) is 0 Å². The molecule has 6 heteroatoms. The van der Waals surface area contributed by atoms with Crippen LogP contribution in [-0.4, -0.2) is 33.7 Å². The lowest BCUT2D eigenvalue weighted by Gasteiger charge is -2.23. The van der Waals surface area contributed by atoms with Gasteiger partial charge >= 0.3 is 0 Å². The fourth-order valence-corrected chi connectivity index (χ4v) is 2.98. The maximum absolute atomic E-state index is 12.0. The molecule has 0 atom stereocenters. The van der Waals surface area contributed by atoms with Crippen LogP contribution in [0.25, 0.3) is 0 Å². The number of carbonyl (C=O) groups is 1. The van der Waals surface area contributed by atoms with Crippen molar-refractivity contribution < 1.29 is 13.2 Å². The molecule has 0 heterocycles. The summed E-state index contributed by atoms with van der Waals surface area (Å²) in [5, 5.41) is 2.80. The lowest BCUT2D eigenvalue weighted by Crippen LogP contribution is -2.35. The van der Waals surface area contributed by atoms with Crippen LogP contribution in [0.4, 0.5) is 5.69 Å². The highest BCUT2D eigenvalue weighted by molar-refractivity contribution is 7.92. The van der Waals surface area contributed by atoms with Gasteiger partial charge in [-0.25, -0.2) is 8.42 Å².